The van der Waals surface area contributed by atoms with E-state index in [4.69, 9.17) is 31.6 Å². The number of ether oxygens (including phenoxy) is 1. The van der Waals surface area contributed by atoms with Gasteiger partial charge in [-0.1, -0.05) is 5.92 Å². The predicted molar refractivity (Wildman–Crippen MR) is 105 cm³/mol. The minimum absolute atomic E-state index is 0.0704. The van der Waals surface area contributed by atoms with Crippen molar-refractivity contribution in [3.63, 3.8) is 0 Å². The Hall–Kier alpha value is -1.63. The van der Waals surface area contributed by atoms with Crippen LogP contribution in [0.4, 0.5) is 11.5 Å². The van der Waals surface area contributed by atoms with Crippen LogP contribution >= 0.6 is 23.5 Å². The average molecular weight is 520 g/mol. The van der Waals surface area contributed by atoms with E-state index in [0.717, 1.165) is 4.57 Å². The molecule has 1 fully saturated rings. The first-order valence-electron chi connectivity index (χ1n) is 8.30. The molecule has 0 bridgehead atoms. The number of rotatable bonds is 10. The number of nitrogens with two attached hydrogens (primary N) is 1. The lowest BCUT2D eigenvalue weighted by molar-refractivity contribution is -0.0448. The summed E-state index contributed by atoms with van der Waals surface area (Å²) in [6, 6.07) is 0. The third kappa shape index (κ3) is 7.75. The minimum atomic E-state index is -5.69. The predicted octanol–water partition coefficient (Wildman–Crippen LogP) is -1.14. The molecule has 180 valence electrons. The second-order valence-electron chi connectivity index (χ2n) is 6.11. The summed E-state index contributed by atoms with van der Waals surface area (Å²) in [5, 5.41) is 12.8. The number of nitrogens with zero attached hydrogens (tertiary/aromatic N) is 2. The molecule has 1 aliphatic rings. The molecule has 2 rings (SSSR count). The fraction of sp³-hybridized carbons (Fsp3) is 0.500. The molecular formula is C12H19N4O13P3. The standard InChI is InChI=1S/C12H19N4O13P3/c1-2-3-14-7-5-16(12(18)15-11(7)13)10-4-8(17)9(27-10)6-26-31(22,23)29-32(24,25)28-30(19,20)21/h1,5,8-10,14,17H,3-4,6H2,(H,22,23)(H,24,25)(H2,13,15,18)(H2,19,20,21)/t8-,9+,10+/m0/s1. The van der Waals surface area contributed by atoms with Crippen LogP contribution in [0.15, 0.2) is 11.0 Å². The lowest BCUT2D eigenvalue weighted by atomic mass is 10.2. The first-order chi connectivity index (χ1) is 14.6. The summed E-state index contributed by atoms with van der Waals surface area (Å²) in [5.74, 6) is 2.16. The minimum Gasteiger partial charge on any atom is -0.390 e. The van der Waals surface area contributed by atoms with Crippen molar-refractivity contribution >= 4 is 35.0 Å². The van der Waals surface area contributed by atoms with Crippen LogP contribution in [0.1, 0.15) is 12.6 Å². The Morgan fingerprint density at radius 2 is 1.94 bits per heavy atom. The SMILES string of the molecule is C#CCNc1cn([C@H]2C[C@H](O)[C@@H](COP(=O)(O)OP(=O)(O)OP(=O)(O)O)O2)c(=O)nc1N. The molecule has 32 heavy (non-hydrogen) atoms. The summed E-state index contributed by atoms with van der Waals surface area (Å²) in [7, 11) is -16.6. The highest BCUT2D eigenvalue weighted by Gasteiger charge is 2.43. The topological polar surface area (TPSA) is 262 Å². The molecule has 0 amide bonds. The van der Waals surface area contributed by atoms with Crippen LogP contribution in [-0.2, 0) is 31.6 Å². The van der Waals surface area contributed by atoms with Gasteiger partial charge in [-0.25, -0.2) is 18.5 Å². The number of anilines is 2. The van der Waals surface area contributed by atoms with Gasteiger partial charge in [-0.15, -0.1) is 6.42 Å². The summed E-state index contributed by atoms with van der Waals surface area (Å²) in [6.07, 6.45) is 2.43. The van der Waals surface area contributed by atoms with E-state index in [0.29, 0.717) is 0 Å². The van der Waals surface area contributed by atoms with E-state index in [1.807, 2.05) is 0 Å². The average Bonchev–Trinajstić information content (AvgIpc) is 2.97. The van der Waals surface area contributed by atoms with E-state index in [1.54, 1.807) is 0 Å². The van der Waals surface area contributed by atoms with Crippen molar-refractivity contribution in [1.29, 1.82) is 0 Å². The molecule has 0 aromatic carbocycles. The highest BCUT2D eigenvalue weighted by molar-refractivity contribution is 7.66. The van der Waals surface area contributed by atoms with Crippen LogP contribution in [0.25, 0.3) is 0 Å². The maximum absolute atomic E-state index is 12.1. The number of aromatic nitrogens is 2. The molecule has 17 nitrogen and oxygen atoms in total. The molecule has 0 radical (unpaired) electrons. The van der Waals surface area contributed by atoms with Gasteiger partial charge in [0, 0.05) is 12.6 Å². The van der Waals surface area contributed by atoms with Gasteiger partial charge in [-0.2, -0.15) is 13.6 Å². The largest absolute Gasteiger partial charge is 0.490 e. The third-order valence-corrected chi connectivity index (χ3v) is 7.50. The summed E-state index contributed by atoms with van der Waals surface area (Å²) < 4.78 is 51.7. The monoisotopic (exact) mass is 520 g/mol. The maximum Gasteiger partial charge on any atom is 0.490 e. The Balaban J connectivity index is 2.06. The van der Waals surface area contributed by atoms with Gasteiger partial charge < -0.3 is 40.5 Å². The number of aliphatic hydroxyl groups excluding tert-OH is 1. The van der Waals surface area contributed by atoms with Crippen molar-refractivity contribution in [1.82, 2.24) is 9.55 Å². The van der Waals surface area contributed by atoms with Gasteiger partial charge in [0.1, 0.15) is 12.3 Å². The molecule has 0 spiro atoms. The molecule has 0 aliphatic carbocycles. The van der Waals surface area contributed by atoms with Crippen LogP contribution in [0.5, 0.6) is 0 Å². The van der Waals surface area contributed by atoms with Crippen LogP contribution in [0.3, 0.4) is 0 Å². The van der Waals surface area contributed by atoms with E-state index in [9.17, 15) is 28.5 Å². The molecule has 8 N–H and O–H groups in total. The number of hydrogen-bond donors (Lipinski definition) is 7. The van der Waals surface area contributed by atoms with Gasteiger partial charge in [-0.3, -0.25) is 9.09 Å². The summed E-state index contributed by atoms with van der Waals surface area (Å²) >= 11 is 0. The molecule has 5 atom stereocenters. The third-order valence-electron chi connectivity index (χ3n) is 3.69. The summed E-state index contributed by atoms with van der Waals surface area (Å²) in [5.41, 5.74) is 5.00. The van der Waals surface area contributed by atoms with Gasteiger partial charge in [0.25, 0.3) is 0 Å². The zero-order chi connectivity index (χ0) is 24.3. The number of aliphatic hydroxyl groups is 1. The fourth-order valence-electron chi connectivity index (χ4n) is 2.48. The molecular weight excluding hydrogens is 501 g/mol. The number of phosphoric acid groups is 3. The summed E-state index contributed by atoms with van der Waals surface area (Å²) in [6.45, 7) is -0.818. The highest BCUT2D eigenvalue weighted by Crippen LogP contribution is 2.66. The van der Waals surface area contributed by atoms with Gasteiger partial charge in [0.05, 0.1) is 24.9 Å². The first kappa shape index (κ1) is 26.6. The van der Waals surface area contributed by atoms with Crippen molar-refractivity contribution in [2.75, 3.05) is 24.2 Å². The van der Waals surface area contributed by atoms with Gasteiger partial charge in [0.2, 0.25) is 0 Å². The van der Waals surface area contributed by atoms with E-state index in [1.165, 1.54) is 6.20 Å². The molecule has 20 heteroatoms. The van der Waals surface area contributed by atoms with E-state index in [2.05, 4.69) is 29.4 Å². The Labute approximate surface area is 179 Å². The van der Waals surface area contributed by atoms with Gasteiger partial charge >= 0.3 is 29.2 Å². The Morgan fingerprint density at radius 1 is 1.28 bits per heavy atom. The van der Waals surface area contributed by atoms with Crippen LogP contribution in [-0.4, -0.2) is 59.6 Å². The second kappa shape index (κ2) is 10.1. The lowest BCUT2D eigenvalue weighted by Gasteiger charge is -2.19. The Bertz CT molecular complexity index is 1080. The van der Waals surface area contributed by atoms with Gasteiger partial charge in [-0.05, 0) is 0 Å². The molecule has 1 aromatic heterocycles. The van der Waals surface area contributed by atoms with Crippen molar-refractivity contribution in [2.24, 2.45) is 0 Å². The molecule has 1 aliphatic heterocycles. The molecule has 1 aromatic rings. The fourth-order valence-corrected chi connectivity index (χ4v) is 5.51. The second-order valence-corrected chi connectivity index (χ2v) is 10.5. The van der Waals surface area contributed by atoms with E-state index >= 15 is 0 Å². The number of terminal acetylenes is 1. The quantitative estimate of drug-likeness (QED) is 0.142. The normalized spacial score (nSPS) is 24.9. The number of nitrogen functional groups attached to an aromatic ring is 1. The smallest absolute Gasteiger partial charge is 0.390 e. The van der Waals surface area contributed by atoms with Crippen LogP contribution < -0.4 is 16.7 Å². The Kier molecular flexibility index (Phi) is 8.41. The maximum atomic E-state index is 12.1. The zero-order valence-electron chi connectivity index (χ0n) is 15.8. The van der Waals surface area contributed by atoms with E-state index in [-0.39, 0.29) is 24.5 Å². The van der Waals surface area contributed by atoms with Crippen molar-refractivity contribution in [2.45, 2.75) is 24.9 Å². The highest BCUT2D eigenvalue weighted by atomic mass is 31.3. The molecule has 2 unspecified atom stereocenters. The number of nitrogens with one attached hydrogen (secondary N) is 1. The van der Waals surface area contributed by atoms with Crippen LogP contribution in [0.2, 0.25) is 0 Å². The van der Waals surface area contributed by atoms with Crippen molar-refractivity contribution < 1.29 is 56.3 Å². The van der Waals surface area contributed by atoms with E-state index < -0.39 is 54.2 Å². The number of hydrogen-bond acceptors (Lipinski definition) is 12. The molecule has 2 heterocycles. The molecule has 1 saturated heterocycles. The van der Waals surface area contributed by atoms with Crippen molar-refractivity contribution in [3.8, 4) is 12.3 Å². The van der Waals surface area contributed by atoms with Crippen molar-refractivity contribution in [3.05, 3.63) is 16.7 Å². The molecule has 0 saturated carbocycles. The number of phosphoric ester groups is 1. The van der Waals surface area contributed by atoms with Crippen LogP contribution in [0, 0.1) is 12.3 Å². The summed E-state index contributed by atoms with van der Waals surface area (Å²) in [4.78, 5) is 51.3. The lowest BCUT2D eigenvalue weighted by Crippen LogP contribution is -2.29. The van der Waals surface area contributed by atoms with Gasteiger partial charge in [0.15, 0.2) is 5.82 Å². The first-order valence-corrected chi connectivity index (χ1v) is 12.8. The Morgan fingerprint density at radius 3 is 2.53 bits per heavy atom. The zero-order valence-corrected chi connectivity index (χ0v) is 18.5.